The first-order chi connectivity index (χ1) is 8.34. The lowest BCUT2D eigenvalue weighted by molar-refractivity contribution is 1.35. The van der Waals surface area contributed by atoms with Gasteiger partial charge in [-0.15, -0.1) is 0 Å². The second-order valence-electron chi connectivity index (χ2n) is 3.88. The van der Waals surface area contributed by atoms with Crippen molar-refractivity contribution in [2.24, 2.45) is 0 Å². The first-order valence-corrected chi connectivity index (χ1v) is 6.24. The van der Waals surface area contributed by atoms with E-state index in [9.17, 15) is 0 Å². The van der Waals surface area contributed by atoms with Crippen LogP contribution in [0.2, 0.25) is 0 Å². The van der Waals surface area contributed by atoms with E-state index < -0.39 is 0 Å². The van der Waals surface area contributed by atoms with Crippen LogP contribution in [0.15, 0.2) is 65.3 Å². The fourth-order valence-corrected chi connectivity index (χ4v) is 2.42. The Balaban J connectivity index is 2.36. The molecule has 0 saturated carbocycles. The molecule has 2 aromatic carbocycles. The molecule has 1 heterocycles. The van der Waals surface area contributed by atoms with Gasteiger partial charge in [-0.05, 0) is 39.2 Å². The first-order valence-electron chi connectivity index (χ1n) is 5.45. The number of fused-ring (bicyclic) bond motifs is 1. The fraction of sp³-hybridized carbons (Fsp3) is 0. The second kappa shape index (κ2) is 4.30. The van der Waals surface area contributed by atoms with Crippen LogP contribution in [0.1, 0.15) is 0 Å². The zero-order valence-electron chi connectivity index (χ0n) is 9.10. The van der Waals surface area contributed by atoms with Crippen LogP contribution in [0, 0.1) is 0 Å². The summed E-state index contributed by atoms with van der Waals surface area (Å²) in [4.78, 5) is 4.48. The summed E-state index contributed by atoms with van der Waals surface area (Å²) in [5.74, 6) is 0. The van der Waals surface area contributed by atoms with Crippen LogP contribution in [-0.4, -0.2) is 4.98 Å². The Hall–Kier alpha value is -1.67. The van der Waals surface area contributed by atoms with Gasteiger partial charge in [-0.3, -0.25) is 0 Å². The molecule has 1 aromatic heterocycles. The summed E-state index contributed by atoms with van der Waals surface area (Å²) in [7, 11) is 0. The summed E-state index contributed by atoms with van der Waals surface area (Å²) in [5.41, 5.74) is 3.44. The maximum absolute atomic E-state index is 4.48. The van der Waals surface area contributed by atoms with Gasteiger partial charge in [-0.25, -0.2) is 4.98 Å². The van der Waals surface area contributed by atoms with Gasteiger partial charge in [0.05, 0.1) is 5.52 Å². The minimum Gasteiger partial charge on any atom is -0.241 e. The Morgan fingerprint density at radius 2 is 1.53 bits per heavy atom. The van der Waals surface area contributed by atoms with E-state index in [1.165, 1.54) is 16.5 Å². The van der Waals surface area contributed by atoms with Crippen LogP contribution in [0.3, 0.4) is 0 Å². The highest BCUT2D eigenvalue weighted by atomic mass is 79.9. The number of hydrogen-bond donors (Lipinski definition) is 0. The molecule has 0 atom stereocenters. The largest absolute Gasteiger partial charge is 0.241 e. The molecule has 82 valence electrons. The van der Waals surface area contributed by atoms with Crippen molar-refractivity contribution in [2.45, 2.75) is 0 Å². The van der Waals surface area contributed by atoms with Crippen LogP contribution in [0.25, 0.3) is 22.0 Å². The van der Waals surface area contributed by atoms with Crippen LogP contribution in [0.5, 0.6) is 0 Å². The minimum atomic E-state index is 0.870. The van der Waals surface area contributed by atoms with Crippen LogP contribution in [0.4, 0.5) is 0 Å². The van der Waals surface area contributed by atoms with Crippen LogP contribution in [-0.2, 0) is 0 Å². The highest BCUT2D eigenvalue weighted by molar-refractivity contribution is 9.10. The molecule has 0 amide bonds. The molecular weight excluding hydrogens is 274 g/mol. The lowest BCUT2D eigenvalue weighted by atomic mass is 10.0. The molecule has 0 fully saturated rings. The Labute approximate surface area is 108 Å². The quantitative estimate of drug-likeness (QED) is 0.592. The molecule has 0 aliphatic carbocycles. The van der Waals surface area contributed by atoms with Crippen LogP contribution >= 0.6 is 15.9 Å². The Kier molecular flexibility index (Phi) is 2.65. The molecule has 0 aliphatic heterocycles. The first kappa shape index (κ1) is 10.5. The van der Waals surface area contributed by atoms with Gasteiger partial charge in [0, 0.05) is 5.39 Å². The minimum absolute atomic E-state index is 0.870. The number of para-hydroxylation sites is 1. The molecule has 3 aromatic rings. The van der Waals surface area contributed by atoms with E-state index in [2.05, 4.69) is 57.3 Å². The van der Waals surface area contributed by atoms with E-state index in [-0.39, 0.29) is 0 Å². The third-order valence-corrected chi connectivity index (χ3v) is 3.18. The summed E-state index contributed by atoms with van der Waals surface area (Å²) >= 11 is 3.47. The summed E-state index contributed by atoms with van der Waals surface area (Å²) in [6, 6.07) is 20.6. The van der Waals surface area contributed by atoms with Gasteiger partial charge in [0.25, 0.3) is 0 Å². The highest BCUT2D eigenvalue weighted by Gasteiger charge is 2.05. The number of hydrogen-bond acceptors (Lipinski definition) is 1. The zero-order chi connectivity index (χ0) is 11.7. The van der Waals surface area contributed by atoms with Crippen molar-refractivity contribution in [3.05, 3.63) is 65.3 Å². The maximum Gasteiger partial charge on any atom is 0.107 e. The zero-order valence-corrected chi connectivity index (χ0v) is 10.7. The standard InChI is InChI=1S/C15H10BrN/c16-15-10-13(11-6-2-1-3-7-11)12-8-4-5-9-14(12)17-15/h1-10H. The molecule has 3 rings (SSSR count). The smallest absolute Gasteiger partial charge is 0.107 e. The number of rotatable bonds is 1. The molecular formula is C15H10BrN. The average Bonchev–Trinajstić information content (AvgIpc) is 2.39. The molecule has 0 aliphatic rings. The molecule has 0 radical (unpaired) electrons. The van der Waals surface area contributed by atoms with Crippen molar-refractivity contribution in [1.29, 1.82) is 0 Å². The van der Waals surface area contributed by atoms with Gasteiger partial charge in [-0.1, -0.05) is 48.5 Å². The van der Waals surface area contributed by atoms with Gasteiger partial charge in [0.2, 0.25) is 0 Å². The van der Waals surface area contributed by atoms with Crippen molar-refractivity contribution in [2.75, 3.05) is 0 Å². The van der Waals surface area contributed by atoms with Gasteiger partial charge in [0.1, 0.15) is 4.60 Å². The van der Waals surface area contributed by atoms with Gasteiger partial charge in [-0.2, -0.15) is 0 Å². The molecule has 0 N–H and O–H groups in total. The lowest BCUT2D eigenvalue weighted by Crippen LogP contribution is -1.85. The monoisotopic (exact) mass is 283 g/mol. The van der Waals surface area contributed by atoms with Crippen molar-refractivity contribution >= 4 is 26.8 Å². The molecule has 2 heteroatoms. The van der Waals surface area contributed by atoms with Crippen LogP contribution < -0.4 is 0 Å². The molecule has 1 nitrogen and oxygen atoms in total. The Morgan fingerprint density at radius 1 is 0.824 bits per heavy atom. The lowest BCUT2D eigenvalue weighted by Gasteiger charge is -2.07. The van der Waals surface area contributed by atoms with E-state index in [1.807, 2.05) is 24.3 Å². The second-order valence-corrected chi connectivity index (χ2v) is 4.69. The summed E-state index contributed by atoms with van der Waals surface area (Å²) in [5, 5.41) is 1.18. The third-order valence-electron chi connectivity index (χ3n) is 2.77. The number of benzene rings is 2. The van der Waals surface area contributed by atoms with Crippen molar-refractivity contribution in [3.63, 3.8) is 0 Å². The molecule has 0 spiro atoms. The Bertz CT molecular complexity index is 662. The van der Waals surface area contributed by atoms with E-state index in [1.54, 1.807) is 0 Å². The number of nitrogens with zero attached hydrogens (tertiary/aromatic N) is 1. The van der Waals surface area contributed by atoms with Crippen molar-refractivity contribution < 1.29 is 0 Å². The summed E-state index contributed by atoms with van der Waals surface area (Å²) < 4.78 is 0.870. The van der Waals surface area contributed by atoms with Crippen molar-refractivity contribution in [3.8, 4) is 11.1 Å². The highest BCUT2D eigenvalue weighted by Crippen LogP contribution is 2.29. The SMILES string of the molecule is Brc1cc(-c2ccccc2)c2ccccc2n1. The number of halogens is 1. The number of pyridine rings is 1. The normalized spacial score (nSPS) is 10.6. The van der Waals surface area contributed by atoms with Gasteiger partial charge < -0.3 is 0 Å². The van der Waals surface area contributed by atoms with Gasteiger partial charge >= 0.3 is 0 Å². The predicted molar refractivity (Wildman–Crippen MR) is 74.9 cm³/mol. The van der Waals surface area contributed by atoms with Gasteiger partial charge in [0.15, 0.2) is 0 Å². The maximum atomic E-state index is 4.48. The van der Waals surface area contributed by atoms with E-state index in [0.29, 0.717) is 0 Å². The number of aromatic nitrogens is 1. The molecule has 0 unspecified atom stereocenters. The van der Waals surface area contributed by atoms with Crippen molar-refractivity contribution in [1.82, 2.24) is 4.98 Å². The molecule has 17 heavy (non-hydrogen) atoms. The molecule has 0 bridgehead atoms. The average molecular weight is 284 g/mol. The van der Waals surface area contributed by atoms with E-state index in [4.69, 9.17) is 0 Å². The molecule has 0 saturated heterocycles. The summed E-state index contributed by atoms with van der Waals surface area (Å²) in [6.07, 6.45) is 0. The van der Waals surface area contributed by atoms with E-state index >= 15 is 0 Å². The summed E-state index contributed by atoms with van der Waals surface area (Å²) in [6.45, 7) is 0. The Morgan fingerprint density at radius 3 is 2.35 bits per heavy atom. The third kappa shape index (κ3) is 1.96. The predicted octanol–water partition coefficient (Wildman–Crippen LogP) is 4.66. The fourth-order valence-electron chi connectivity index (χ4n) is 2.00. The topological polar surface area (TPSA) is 12.9 Å². The van der Waals surface area contributed by atoms with E-state index in [0.717, 1.165) is 10.1 Å².